The van der Waals surface area contributed by atoms with Crippen molar-refractivity contribution in [2.24, 2.45) is 5.73 Å². The van der Waals surface area contributed by atoms with Gasteiger partial charge in [0.05, 0.1) is 6.61 Å². The van der Waals surface area contributed by atoms with Gasteiger partial charge in [0, 0.05) is 24.1 Å². The first kappa shape index (κ1) is 14.3. The standard InChI is InChI=1S/C15H23FN2O/c1-2-19-15-7-6-11(16)9-12(15)13(10-17)14-5-3-4-8-18-14/h6-7,9,13-14,18H,2-5,8,10,17H2,1H3. The minimum Gasteiger partial charge on any atom is -0.494 e. The molecule has 3 N–H and O–H groups in total. The third kappa shape index (κ3) is 3.45. The fourth-order valence-corrected chi connectivity index (χ4v) is 2.83. The van der Waals surface area contributed by atoms with Gasteiger partial charge in [-0.2, -0.15) is 0 Å². The second kappa shape index (κ2) is 6.87. The zero-order chi connectivity index (χ0) is 13.7. The SMILES string of the molecule is CCOc1ccc(F)cc1C(CN)C1CCCCN1. The maximum Gasteiger partial charge on any atom is 0.123 e. The third-order valence-electron chi connectivity index (χ3n) is 3.76. The normalized spacial score (nSPS) is 21.1. The quantitative estimate of drug-likeness (QED) is 0.860. The van der Waals surface area contributed by atoms with E-state index < -0.39 is 0 Å². The van der Waals surface area contributed by atoms with Gasteiger partial charge in [0.15, 0.2) is 0 Å². The molecular weight excluding hydrogens is 243 g/mol. The molecular formula is C15H23FN2O. The molecule has 4 heteroatoms. The van der Waals surface area contributed by atoms with Crippen molar-refractivity contribution in [1.82, 2.24) is 5.32 Å². The molecule has 2 atom stereocenters. The highest BCUT2D eigenvalue weighted by Gasteiger charge is 2.26. The topological polar surface area (TPSA) is 47.3 Å². The predicted octanol–water partition coefficient (Wildman–Crippen LogP) is 2.41. The Morgan fingerprint density at radius 1 is 1.47 bits per heavy atom. The molecule has 2 unspecified atom stereocenters. The molecule has 1 aromatic rings. The average molecular weight is 266 g/mol. The van der Waals surface area contributed by atoms with E-state index in [0.717, 1.165) is 24.3 Å². The highest BCUT2D eigenvalue weighted by Crippen LogP contribution is 2.32. The van der Waals surface area contributed by atoms with Gasteiger partial charge in [-0.25, -0.2) is 4.39 Å². The van der Waals surface area contributed by atoms with Crippen LogP contribution in [-0.2, 0) is 0 Å². The van der Waals surface area contributed by atoms with Crippen LogP contribution >= 0.6 is 0 Å². The van der Waals surface area contributed by atoms with Crippen LogP contribution in [-0.4, -0.2) is 25.7 Å². The Morgan fingerprint density at radius 2 is 2.32 bits per heavy atom. The molecule has 1 aromatic carbocycles. The van der Waals surface area contributed by atoms with Gasteiger partial charge in [0.2, 0.25) is 0 Å². The molecule has 0 amide bonds. The first-order valence-corrected chi connectivity index (χ1v) is 7.12. The van der Waals surface area contributed by atoms with Gasteiger partial charge in [-0.05, 0) is 44.5 Å². The van der Waals surface area contributed by atoms with Gasteiger partial charge in [-0.1, -0.05) is 6.42 Å². The fourth-order valence-electron chi connectivity index (χ4n) is 2.83. The van der Waals surface area contributed by atoms with Crippen LogP contribution in [0.25, 0.3) is 0 Å². The van der Waals surface area contributed by atoms with Crippen molar-refractivity contribution in [3.05, 3.63) is 29.6 Å². The van der Waals surface area contributed by atoms with Crippen molar-refractivity contribution in [2.75, 3.05) is 19.7 Å². The minimum atomic E-state index is -0.229. The largest absolute Gasteiger partial charge is 0.494 e. The summed E-state index contributed by atoms with van der Waals surface area (Å²) in [6.45, 7) is 4.03. The molecule has 0 radical (unpaired) electrons. The van der Waals surface area contributed by atoms with E-state index in [2.05, 4.69) is 5.32 Å². The second-order valence-corrected chi connectivity index (χ2v) is 5.01. The van der Waals surface area contributed by atoms with Crippen LogP contribution in [0.1, 0.15) is 37.7 Å². The van der Waals surface area contributed by atoms with Crippen LogP contribution in [0.3, 0.4) is 0 Å². The van der Waals surface area contributed by atoms with Crippen molar-refractivity contribution < 1.29 is 9.13 Å². The molecule has 1 heterocycles. The second-order valence-electron chi connectivity index (χ2n) is 5.01. The first-order valence-electron chi connectivity index (χ1n) is 7.12. The van der Waals surface area contributed by atoms with E-state index in [-0.39, 0.29) is 11.7 Å². The maximum atomic E-state index is 13.5. The molecule has 0 saturated carbocycles. The van der Waals surface area contributed by atoms with Crippen LogP contribution in [0.5, 0.6) is 5.75 Å². The summed E-state index contributed by atoms with van der Waals surface area (Å²) in [6.07, 6.45) is 3.49. The molecule has 1 saturated heterocycles. The maximum absolute atomic E-state index is 13.5. The number of rotatable bonds is 5. The minimum absolute atomic E-state index is 0.109. The molecule has 0 spiro atoms. The summed E-state index contributed by atoms with van der Waals surface area (Å²) in [7, 11) is 0. The Hall–Kier alpha value is -1.13. The number of benzene rings is 1. The number of nitrogens with two attached hydrogens (primary N) is 1. The number of hydrogen-bond acceptors (Lipinski definition) is 3. The zero-order valence-electron chi connectivity index (χ0n) is 11.5. The molecule has 1 fully saturated rings. The summed E-state index contributed by atoms with van der Waals surface area (Å²) in [6, 6.07) is 5.04. The van der Waals surface area contributed by atoms with Gasteiger partial charge in [-0.3, -0.25) is 0 Å². The lowest BCUT2D eigenvalue weighted by molar-refractivity contribution is 0.316. The number of halogens is 1. The van der Waals surface area contributed by atoms with Crippen LogP contribution in [0.15, 0.2) is 18.2 Å². The third-order valence-corrected chi connectivity index (χ3v) is 3.76. The number of nitrogens with one attached hydrogen (secondary N) is 1. The highest BCUT2D eigenvalue weighted by atomic mass is 19.1. The molecule has 1 aliphatic heterocycles. The Morgan fingerprint density at radius 3 is 2.95 bits per heavy atom. The monoisotopic (exact) mass is 266 g/mol. The number of piperidine rings is 1. The van der Waals surface area contributed by atoms with Crippen molar-refractivity contribution in [1.29, 1.82) is 0 Å². The average Bonchev–Trinajstić information content (AvgIpc) is 2.44. The molecule has 0 bridgehead atoms. The Balaban J connectivity index is 2.27. The molecule has 3 nitrogen and oxygen atoms in total. The summed E-state index contributed by atoms with van der Waals surface area (Å²) >= 11 is 0. The van der Waals surface area contributed by atoms with Crippen molar-refractivity contribution in [2.45, 2.75) is 38.1 Å². The molecule has 19 heavy (non-hydrogen) atoms. The molecule has 106 valence electrons. The smallest absolute Gasteiger partial charge is 0.123 e. The van der Waals surface area contributed by atoms with E-state index in [1.54, 1.807) is 12.1 Å². The van der Waals surface area contributed by atoms with Crippen LogP contribution in [0.4, 0.5) is 4.39 Å². The van der Waals surface area contributed by atoms with E-state index in [9.17, 15) is 4.39 Å². The molecule has 1 aliphatic rings. The van der Waals surface area contributed by atoms with Gasteiger partial charge in [-0.15, -0.1) is 0 Å². The number of ether oxygens (including phenoxy) is 1. The van der Waals surface area contributed by atoms with Crippen LogP contribution < -0.4 is 15.8 Å². The van der Waals surface area contributed by atoms with Crippen LogP contribution in [0.2, 0.25) is 0 Å². The van der Waals surface area contributed by atoms with Crippen molar-refractivity contribution >= 4 is 0 Å². The van der Waals surface area contributed by atoms with Gasteiger partial charge in [0.25, 0.3) is 0 Å². The fraction of sp³-hybridized carbons (Fsp3) is 0.600. The summed E-state index contributed by atoms with van der Waals surface area (Å²) < 4.78 is 19.2. The molecule has 2 rings (SSSR count). The van der Waals surface area contributed by atoms with Crippen LogP contribution in [0, 0.1) is 5.82 Å². The summed E-state index contributed by atoms with van der Waals surface area (Å²) in [5.41, 5.74) is 6.83. The summed E-state index contributed by atoms with van der Waals surface area (Å²) in [5.74, 6) is 0.636. The zero-order valence-corrected chi connectivity index (χ0v) is 11.5. The van der Waals surface area contributed by atoms with Gasteiger partial charge >= 0.3 is 0 Å². The Labute approximate surface area is 114 Å². The van der Waals surface area contributed by atoms with E-state index in [0.29, 0.717) is 19.2 Å². The molecule has 0 aromatic heterocycles. The van der Waals surface area contributed by atoms with E-state index in [1.807, 2.05) is 6.92 Å². The van der Waals surface area contributed by atoms with E-state index >= 15 is 0 Å². The lowest BCUT2D eigenvalue weighted by Crippen LogP contribution is -2.41. The van der Waals surface area contributed by atoms with Gasteiger partial charge in [0.1, 0.15) is 11.6 Å². The Kier molecular flexibility index (Phi) is 5.16. The van der Waals surface area contributed by atoms with Crippen molar-refractivity contribution in [3.63, 3.8) is 0 Å². The molecule has 0 aliphatic carbocycles. The van der Waals surface area contributed by atoms with Crippen molar-refractivity contribution in [3.8, 4) is 5.75 Å². The number of hydrogen-bond donors (Lipinski definition) is 2. The van der Waals surface area contributed by atoms with Gasteiger partial charge < -0.3 is 15.8 Å². The summed E-state index contributed by atoms with van der Waals surface area (Å²) in [5, 5.41) is 3.50. The highest BCUT2D eigenvalue weighted by molar-refractivity contribution is 5.38. The Bertz CT molecular complexity index is 405. The first-order chi connectivity index (χ1) is 9.26. The predicted molar refractivity (Wildman–Crippen MR) is 75.0 cm³/mol. The summed E-state index contributed by atoms with van der Waals surface area (Å²) in [4.78, 5) is 0. The van der Waals surface area contributed by atoms with E-state index in [1.165, 1.54) is 18.9 Å². The van der Waals surface area contributed by atoms with E-state index in [4.69, 9.17) is 10.5 Å². The lowest BCUT2D eigenvalue weighted by atomic mass is 9.86. The lowest BCUT2D eigenvalue weighted by Gasteiger charge is -2.31.